The molecule has 0 bridgehead atoms. The molecule has 0 aliphatic rings. The molecule has 0 amide bonds. The van der Waals surface area contributed by atoms with Gasteiger partial charge in [-0.25, -0.2) is 4.39 Å². The first-order chi connectivity index (χ1) is 6.47. The van der Waals surface area contributed by atoms with E-state index in [1.165, 1.54) is 25.1 Å². The Balaban J connectivity index is 3.16. The van der Waals surface area contributed by atoms with E-state index in [0.717, 1.165) is 0 Å². The van der Waals surface area contributed by atoms with Crippen molar-refractivity contribution < 1.29 is 14.3 Å². The maximum absolute atomic E-state index is 13.3. The predicted octanol–water partition coefficient (Wildman–Crippen LogP) is 2.38. The lowest BCUT2D eigenvalue weighted by molar-refractivity contribution is -0.112. The SMILES string of the molecule is CC(O)(CC=O)c1cc(Br)ccc1F. The lowest BCUT2D eigenvalue weighted by Crippen LogP contribution is -2.23. The maximum Gasteiger partial charge on any atom is 0.129 e. The molecule has 4 heteroatoms. The van der Waals surface area contributed by atoms with E-state index in [1.807, 2.05) is 0 Å². The molecule has 0 fully saturated rings. The predicted molar refractivity (Wildman–Crippen MR) is 54.4 cm³/mol. The summed E-state index contributed by atoms with van der Waals surface area (Å²) in [6.45, 7) is 1.41. The molecule has 0 aromatic heterocycles. The Morgan fingerprint density at radius 3 is 2.86 bits per heavy atom. The molecule has 0 saturated heterocycles. The summed E-state index contributed by atoms with van der Waals surface area (Å²) in [6, 6.07) is 4.26. The van der Waals surface area contributed by atoms with Gasteiger partial charge in [0.15, 0.2) is 0 Å². The van der Waals surface area contributed by atoms with Crippen LogP contribution >= 0.6 is 15.9 Å². The summed E-state index contributed by atoms with van der Waals surface area (Å²) in [5.74, 6) is -0.514. The number of hydrogen-bond acceptors (Lipinski definition) is 2. The lowest BCUT2D eigenvalue weighted by atomic mass is 9.93. The standard InChI is InChI=1S/C10H10BrFO2/c1-10(14,4-5-13)8-6-7(11)2-3-9(8)12/h2-3,5-6,14H,4H2,1H3. The van der Waals surface area contributed by atoms with E-state index in [1.54, 1.807) is 0 Å². The fourth-order valence-corrected chi connectivity index (χ4v) is 1.54. The minimum Gasteiger partial charge on any atom is -0.385 e. The van der Waals surface area contributed by atoms with Gasteiger partial charge < -0.3 is 9.90 Å². The van der Waals surface area contributed by atoms with Gasteiger partial charge in [0.25, 0.3) is 0 Å². The van der Waals surface area contributed by atoms with E-state index in [4.69, 9.17) is 0 Å². The summed E-state index contributed by atoms with van der Waals surface area (Å²) in [4.78, 5) is 10.3. The van der Waals surface area contributed by atoms with E-state index in [2.05, 4.69) is 15.9 Å². The number of rotatable bonds is 3. The third kappa shape index (κ3) is 2.39. The summed E-state index contributed by atoms with van der Waals surface area (Å²) in [5, 5.41) is 9.80. The van der Waals surface area contributed by atoms with Gasteiger partial charge in [-0.05, 0) is 25.1 Å². The zero-order valence-electron chi connectivity index (χ0n) is 7.63. The van der Waals surface area contributed by atoms with Gasteiger partial charge in [-0.15, -0.1) is 0 Å². The van der Waals surface area contributed by atoms with E-state index in [9.17, 15) is 14.3 Å². The van der Waals surface area contributed by atoms with Crippen molar-refractivity contribution in [2.75, 3.05) is 0 Å². The van der Waals surface area contributed by atoms with Gasteiger partial charge in [-0.2, -0.15) is 0 Å². The van der Waals surface area contributed by atoms with Crippen LogP contribution in [0.2, 0.25) is 0 Å². The van der Waals surface area contributed by atoms with Gasteiger partial charge in [0.1, 0.15) is 12.1 Å². The fourth-order valence-electron chi connectivity index (χ4n) is 1.18. The first-order valence-corrected chi connectivity index (χ1v) is 4.88. The molecule has 14 heavy (non-hydrogen) atoms. The average Bonchev–Trinajstić information content (AvgIpc) is 2.09. The monoisotopic (exact) mass is 260 g/mol. The number of benzene rings is 1. The highest BCUT2D eigenvalue weighted by molar-refractivity contribution is 9.10. The van der Waals surface area contributed by atoms with Crippen molar-refractivity contribution in [2.24, 2.45) is 0 Å². The van der Waals surface area contributed by atoms with Crippen molar-refractivity contribution in [3.8, 4) is 0 Å². The summed E-state index contributed by atoms with van der Waals surface area (Å²) in [7, 11) is 0. The Bertz CT molecular complexity index is 350. The quantitative estimate of drug-likeness (QED) is 0.848. The second-order valence-electron chi connectivity index (χ2n) is 3.27. The first kappa shape index (κ1) is 11.3. The van der Waals surface area contributed by atoms with Crippen LogP contribution in [-0.4, -0.2) is 11.4 Å². The number of aliphatic hydroxyl groups is 1. The molecule has 1 N–H and O–H groups in total. The van der Waals surface area contributed by atoms with Crippen molar-refractivity contribution in [1.29, 1.82) is 0 Å². The van der Waals surface area contributed by atoms with Crippen LogP contribution in [0.5, 0.6) is 0 Å². The van der Waals surface area contributed by atoms with Crippen LogP contribution in [0.25, 0.3) is 0 Å². The average molecular weight is 261 g/mol. The van der Waals surface area contributed by atoms with Gasteiger partial charge in [0.05, 0.1) is 5.60 Å². The topological polar surface area (TPSA) is 37.3 Å². The van der Waals surface area contributed by atoms with Crippen LogP contribution in [-0.2, 0) is 10.4 Å². The Hall–Kier alpha value is -0.740. The third-order valence-electron chi connectivity index (χ3n) is 1.99. The summed E-state index contributed by atoms with van der Waals surface area (Å²) in [5.41, 5.74) is -1.32. The van der Waals surface area contributed by atoms with Crippen molar-refractivity contribution in [3.63, 3.8) is 0 Å². The number of aldehydes is 1. The van der Waals surface area contributed by atoms with Crippen molar-refractivity contribution >= 4 is 22.2 Å². The van der Waals surface area contributed by atoms with Crippen LogP contribution in [0.15, 0.2) is 22.7 Å². The van der Waals surface area contributed by atoms with Crippen LogP contribution in [0.1, 0.15) is 18.9 Å². The van der Waals surface area contributed by atoms with Crippen molar-refractivity contribution in [3.05, 3.63) is 34.1 Å². The second-order valence-corrected chi connectivity index (χ2v) is 4.18. The van der Waals surface area contributed by atoms with Gasteiger partial charge in [0.2, 0.25) is 0 Å². The third-order valence-corrected chi connectivity index (χ3v) is 2.48. The van der Waals surface area contributed by atoms with Crippen LogP contribution < -0.4 is 0 Å². The Morgan fingerprint density at radius 2 is 2.29 bits per heavy atom. The molecule has 1 rings (SSSR count). The first-order valence-electron chi connectivity index (χ1n) is 4.09. The summed E-state index contributed by atoms with van der Waals surface area (Å²) >= 11 is 3.17. The summed E-state index contributed by atoms with van der Waals surface area (Å²) < 4.78 is 14.0. The molecule has 1 aromatic rings. The largest absolute Gasteiger partial charge is 0.385 e. The lowest BCUT2D eigenvalue weighted by Gasteiger charge is -2.21. The molecule has 0 saturated carbocycles. The van der Waals surface area contributed by atoms with Crippen molar-refractivity contribution in [2.45, 2.75) is 18.9 Å². The Morgan fingerprint density at radius 1 is 1.64 bits per heavy atom. The molecule has 0 radical (unpaired) electrons. The number of halogens is 2. The zero-order chi connectivity index (χ0) is 10.8. The highest BCUT2D eigenvalue weighted by Gasteiger charge is 2.26. The van der Waals surface area contributed by atoms with Crippen LogP contribution in [0.4, 0.5) is 4.39 Å². The molecule has 76 valence electrons. The van der Waals surface area contributed by atoms with Gasteiger partial charge in [-0.3, -0.25) is 0 Å². The smallest absolute Gasteiger partial charge is 0.129 e. The molecule has 1 unspecified atom stereocenters. The number of carbonyl (C=O) groups is 1. The minimum atomic E-state index is -1.45. The van der Waals surface area contributed by atoms with Gasteiger partial charge in [-0.1, -0.05) is 15.9 Å². The van der Waals surface area contributed by atoms with Crippen LogP contribution in [0, 0.1) is 5.82 Å². The van der Waals surface area contributed by atoms with E-state index >= 15 is 0 Å². The second kappa shape index (κ2) is 4.19. The summed E-state index contributed by atoms with van der Waals surface area (Å²) in [6.07, 6.45) is 0.445. The molecule has 0 spiro atoms. The molecule has 0 aliphatic heterocycles. The van der Waals surface area contributed by atoms with E-state index in [0.29, 0.717) is 10.8 Å². The van der Waals surface area contributed by atoms with Gasteiger partial charge in [0, 0.05) is 16.5 Å². The molecular formula is C10H10BrFO2. The fraction of sp³-hybridized carbons (Fsp3) is 0.300. The molecule has 0 aliphatic carbocycles. The zero-order valence-corrected chi connectivity index (χ0v) is 9.21. The highest BCUT2D eigenvalue weighted by Crippen LogP contribution is 2.28. The minimum absolute atomic E-state index is 0.124. The van der Waals surface area contributed by atoms with Crippen LogP contribution in [0.3, 0.4) is 0 Å². The molecule has 2 nitrogen and oxygen atoms in total. The normalized spacial score (nSPS) is 14.9. The number of hydrogen-bond donors (Lipinski definition) is 1. The molecule has 1 aromatic carbocycles. The Labute approximate surface area is 89.9 Å². The van der Waals surface area contributed by atoms with Gasteiger partial charge >= 0.3 is 0 Å². The Kier molecular flexibility index (Phi) is 3.39. The van der Waals surface area contributed by atoms with E-state index in [-0.39, 0.29) is 12.0 Å². The molecule has 0 heterocycles. The highest BCUT2D eigenvalue weighted by atomic mass is 79.9. The molecular weight excluding hydrogens is 251 g/mol. The van der Waals surface area contributed by atoms with Crippen molar-refractivity contribution in [1.82, 2.24) is 0 Å². The van der Waals surface area contributed by atoms with E-state index < -0.39 is 11.4 Å². The molecule has 1 atom stereocenters. The maximum atomic E-state index is 13.3. The number of carbonyl (C=O) groups excluding carboxylic acids is 1.